The Morgan fingerprint density at radius 2 is 1.36 bits per heavy atom. The van der Waals surface area contributed by atoms with E-state index in [1.165, 1.54) is 12.1 Å². The Morgan fingerprint density at radius 3 is 1.98 bits per heavy atom. The number of benzene rings is 5. The third-order valence-corrected chi connectivity index (χ3v) is 9.22. The largest absolute Gasteiger partial charge is 0.478 e. The van der Waals surface area contributed by atoms with Gasteiger partial charge in [-0.2, -0.15) is 0 Å². The molecule has 5 nitrogen and oxygen atoms in total. The van der Waals surface area contributed by atoms with Crippen molar-refractivity contribution >= 4 is 79.2 Å². The van der Waals surface area contributed by atoms with Gasteiger partial charge in [0.15, 0.2) is 0 Å². The van der Waals surface area contributed by atoms with E-state index in [1.807, 2.05) is 66.7 Å². The van der Waals surface area contributed by atoms with Gasteiger partial charge >= 0.3 is 5.97 Å². The van der Waals surface area contributed by atoms with Gasteiger partial charge in [-0.1, -0.05) is 64.5 Å². The topological polar surface area (TPSA) is 60.9 Å². The molecule has 0 aliphatic carbocycles. The summed E-state index contributed by atoms with van der Waals surface area (Å²) >= 11 is 5.18. The van der Waals surface area contributed by atoms with Crippen LogP contribution in [-0.4, -0.2) is 17.0 Å². The third-order valence-electron chi connectivity index (χ3n) is 7.65. The second-order valence-electron chi connectivity index (χ2n) is 10.5. The molecule has 0 atom stereocenters. The Balaban J connectivity index is 1.19. The van der Waals surface area contributed by atoms with Gasteiger partial charge < -0.3 is 10.0 Å². The van der Waals surface area contributed by atoms with Crippen LogP contribution in [0.25, 0.3) is 22.1 Å². The van der Waals surface area contributed by atoms with Crippen molar-refractivity contribution in [3.8, 4) is 10.4 Å². The van der Waals surface area contributed by atoms with Crippen molar-refractivity contribution in [2.24, 2.45) is 0 Å². The Labute approximate surface area is 273 Å². The number of aromatic carboxylic acids is 1. The van der Waals surface area contributed by atoms with Crippen molar-refractivity contribution < 1.29 is 14.7 Å². The van der Waals surface area contributed by atoms with Crippen LogP contribution in [0.4, 0.5) is 28.4 Å². The summed E-state index contributed by atoms with van der Waals surface area (Å²) in [5.41, 5.74) is 7.26. The van der Waals surface area contributed by atoms with Crippen LogP contribution in [0.15, 0.2) is 144 Å². The molecule has 5 aromatic carbocycles. The number of carboxylic acids is 1. The number of carbonyl (C=O) groups excluding carboxylic acids is 1. The zero-order valence-electron chi connectivity index (χ0n) is 23.8. The first-order valence-corrected chi connectivity index (χ1v) is 15.9. The van der Waals surface area contributed by atoms with E-state index in [-0.39, 0.29) is 11.5 Å². The van der Waals surface area contributed by atoms with Gasteiger partial charge in [0.05, 0.1) is 16.8 Å². The van der Waals surface area contributed by atoms with Gasteiger partial charge in [0.1, 0.15) is 0 Å². The van der Waals surface area contributed by atoms with Gasteiger partial charge in [0.25, 0.3) is 5.91 Å². The Hall–Kier alpha value is -5.24. The van der Waals surface area contributed by atoms with E-state index in [9.17, 15) is 14.7 Å². The first-order valence-electron chi connectivity index (χ1n) is 14.3. The number of amides is 1. The second kappa shape index (κ2) is 12.0. The number of halogens is 1. The summed E-state index contributed by atoms with van der Waals surface area (Å²) in [6.07, 6.45) is 1.94. The molecule has 7 heteroatoms. The average molecular weight is 670 g/mol. The van der Waals surface area contributed by atoms with Crippen LogP contribution in [0.1, 0.15) is 20.8 Å². The number of hydrogen-bond donors (Lipinski definition) is 1. The molecule has 0 bridgehead atoms. The Bertz CT molecular complexity index is 2020. The van der Waals surface area contributed by atoms with E-state index in [0.717, 1.165) is 48.1 Å². The molecule has 0 unspecified atom stereocenters. The fourth-order valence-electron chi connectivity index (χ4n) is 5.52. The molecule has 0 saturated heterocycles. The summed E-state index contributed by atoms with van der Waals surface area (Å²) in [6.45, 7) is 0. The molecular formula is C38H25BrN2O3S. The SMILES string of the molecule is O=C(O)c1ccc(N2C(=O)/C(=C\c3ccc(-c4ccc(N(c5ccccc5)c5ccccc5)cc4)s3)c3cc(Br)ccc32)cc1. The molecule has 2 heterocycles. The molecule has 1 aromatic heterocycles. The Kier molecular flexibility index (Phi) is 7.63. The van der Waals surface area contributed by atoms with Crippen molar-refractivity contribution in [1.29, 1.82) is 0 Å². The number of thiophene rings is 1. The normalized spacial score (nSPS) is 13.2. The van der Waals surface area contributed by atoms with Crippen molar-refractivity contribution in [1.82, 2.24) is 0 Å². The lowest BCUT2D eigenvalue weighted by Crippen LogP contribution is -2.20. The molecule has 0 saturated carbocycles. The summed E-state index contributed by atoms with van der Waals surface area (Å²) in [5, 5.41) is 9.31. The average Bonchev–Trinajstić information content (AvgIpc) is 3.65. The number of nitrogens with zero attached hydrogens (tertiary/aromatic N) is 2. The van der Waals surface area contributed by atoms with Crippen molar-refractivity contribution in [3.63, 3.8) is 0 Å². The van der Waals surface area contributed by atoms with Crippen LogP contribution < -0.4 is 9.80 Å². The molecule has 6 aromatic rings. The zero-order chi connectivity index (χ0) is 30.9. The number of rotatable bonds is 7. The van der Waals surface area contributed by atoms with Crippen molar-refractivity contribution in [3.05, 3.63) is 160 Å². The maximum atomic E-state index is 13.8. The van der Waals surface area contributed by atoms with E-state index in [4.69, 9.17) is 0 Å². The molecule has 7 rings (SSSR count). The monoisotopic (exact) mass is 668 g/mol. The highest BCUT2D eigenvalue weighted by molar-refractivity contribution is 9.10. The molecule has 218 valence electrons. The second-order valence-corrected chi connectivity index (χ2v) is 12.5. The summed E-state index contributed by atoms with van der Waals surface area (Å²) in [6, 6.07) is 45.4. The van der Waals surface area contributed by atoms with Crippen LogP contribution in [0.3, 0.4) is 0 Å². The van der Waals surface area contributed by atoms with E-state index in [1.54, 1.807) is 28.4 Å². The molecule has 0 fully saturated rings. The number of anilines is 5. The predicted molar refractivity (Wildman–Crippen MR) is 187 cm³/mol. The number of carboxylic acid groups (broad SMARTS) is 1. The molecule has 45 heavy (non-hydrogen) atoms. The number of hydrogen-bond acceptors (Lipinski definition) is 4. The highest BCUT2D eigenvalue weighted by atomic mass is 79.9. The van der Waals surface area contributed by atoms with E-state index in [0.29, 0.717) is 11.3 Å². The molecule has 1 aliphatic rings. The fourth-order valence-corrected chi connectivity index (χ4v) is 6.83. The molecule has 1 N–H and O–H groups in total. The highest BCUT2D eigenvalue weighted by Crippen LogP contribution is 2.44. The molecule has 0 spiro atoms. The maximum absolute atomic E-state index is 13.8. The van der Waals surface area contributed by atoms with Crippen LogP contribution >= 0.6 is 27.3 Å². The van der Waals surface area contributed by atoms with E-state index in [2.05, 4.69) is 75.4 Å². The quantitative estimate of drug-likeness (QED) is 0.172. The van der Waals surface area contributed by atoms with Crippen molar-refractivity contribution in [2.45, 2.75) is 0 Å². The molecule has 0 radical (unpaired) electrons. The maximum Gasteiger partial charge on any atom is 0.335 e. The summed E-state index contributed by atoms with van der Waals surface area (Å²) in [4.78, 5) is 31.1. The Morgan fingerprint density at radius 1 is 0.733 bits per heavy atom. The minimum absolute atomic E-state index is 0.160. The number of fused-ring (bicyclic) bond motifs is 1. The molecule has 1 aliphatic heterocycles. The lowest BCUT2D eigenvalue weighted by Gasteiger charge is -2.25. The van der Waals surface area contributed by atoms with Gasteiger partial charge in [-0.3, -0.25) is 9.69 Å². The van der Waals surface area contributed by atoms with Crippen LogP contribution in [0.2, 0.25) is 0 Å². The van der Waals surface area contributed by atoms with Gasteiger partial charge in [0, 0.05) is 42.5 Å². The summed E-state index contributed by atoms with van der Waals surface area (Å²) in [5.74, 6) is -1.17. The van der Waals surface area contributed by atoms with Crippen LogP contribution in [0, 0.1) is 0 Å². The minimum atomic E-state index is -1.01. The third kappa shape index (κ3) is 5.59. The number of para-hydroxylation sites is 2. The van der Waals surface area contributed by atoms with E-state index < -0.39 is 5.97 Å². The smallest absolute Gasteiger partial charge is 0.335 e. The van der Waals surface area contributed by atoms with Gasteiger partial charge in [-0.25, -0.2) is 4.79 Å². The number of carbonyl (C=O) groups is 2. The first-order chi connectivity index (χ1) is 22.0. The molecule has 1 amide bonds. The predicted octanol–water partition coefficient (Wildman–Crippen LogP) is 10.6. The van der Waals surface area contributed by atoms with Crippen LogP contribution in [-0.2, 0) is 4.79 Å². The van der Waals surface area contributed by atoms with Gasteiger partial charge in [-0.15, -0.1) is 11.3 Å². The summed E-state index contributed by atoms with van der Waals surface area (Å²) < 4.78 is 0.870. The van der Waals surface area contributed by atoms with Gasteiger partial charge in [-0.05, 0) is 103 Å². The first kappa shape index (κ1) is 28.5. The molecular weight excluding hydrogens is 644 g/mol. The lowest BCUT2D eigenvalue weighted by atomic mass is 10.1. The lowest BCUT2D eigenvalue weighted by molar-refractivity contribution is -0.112. The fraction of sp³-hybridized carbons (Fsp3) is 0. The van der Waals surface area contributed by atoms with Crippen molar-refractivity contribution in [2.75, 3.05) is 9.80 Å². The highest BCUT2D eigenvalue weighted by Gasteiger charge is 2.34. The van der Waals surface area contributed by atoms with E-state index >= 15 is 0 Å². The van der Waals surface area contributed by atoms with Gasteiger partial charge in [0.2, 0.25) is 0 Å². The summed E-state index contributed by atoms with van der Waals surface area (Å²) in [7, 11) is 0. The minimum Gasteiger partial charge on any atom is -0.478 e. The standard InChI is InChI=1S/C38H25BrN2O3S/c39-27-15-21-35-33(23-27)34(37(42)41(35)31-18-13-26(14-19-31)38(43)44)24-32-20-22-36(45-32)25-11-16-30(17-12-25)40(28-7-3-1-4-8-28)29-9-5-2-6-10-29/h1-24H,(H,43,44)/b34-24-. The zero-order valence-corrected chi connectivity index (χ0v) is 26.2. The van der Waals surface area contributed by atoms with Crippen LogP contribution in [0.5, 0.6) is 0 Å².